The van der Waals surface area contributed by atoms with E-state index >= 15 is 0 Å². The van der Waals surface area contributed by atoms with Crippen LogP contribution in [0.1, 0.15) is 18.3 Å². The zero-order valence-corrected chi connectivity index (χ0v) is 9.12. The second-order valence-corrected chi connectivity index (χ2v) is 3.52. The maximum atomic E-state index is 9.61. The van der Waals surface area contributed by atoms with Gasteiger partial charge in [0.15, 0.2) is 0 Å². The van der Waals surface area contributed by atoms with Gasteiger partial charge in [-0.3, -0.25) is 4.68 Å². The summed E-state index contributed by atoms with van der Waals surface area (Å²) in [5.74, 6) is 0. The summed E-state index contributed by atoms with van der Waals surface area (Å²) in [6, 6.07) is 2.05. The molecule has 14 heavy (non-hydrogen) atoms. The Balaban J connectivity index is 2.61. The van der Waals surface area contributed by atoms with E-state index in [1.807, 2.05) is 18.8 Å². The van der Waals surface area contributed by atoms with Crippen molar-refractivity contribution in [3.05, 3.63) is 17.5 Å². The lowest BCUT2D eigenvalue weighted by molar-refractivity contribution is 0.172. The highest BCUT2D eigenvalue weighted by Gasteiger charge is 2.09. The Morgan fingerprint density at radius 2 is 2.36 bits per heavy atom. The minimum absolute atomic E-state index is 0.333. The van der Waals surface area contributed by atoms with Gasteiger partial charge in [0.1, 0.15) is 0 Å². The fourth-order valence-corrected chi connectivity index (χ4v) is 1.48. The molecule has 4 nitrogen and oxygen atoms in total. The molecule has 0 spiro atoms. The zero-order valence-electron chi connectivity index (χ0n) is 9.12. The van der Waals surface area contributed by atoms with E-state index in [-0.39, 0.29) is 6.10 Å². The molecule has 1 rings (SSSR count). The van der Waals surface area contributed by atoms with Gasteiger partial charge >= 0.3 is 0 Å². The molecule has 1 atom stereocenters. The lowest BCUT2D eigenvalue weighted by atomic mass is 10.2. The van der Waals surface area contributed by atoms with Crippen LogP contribution in [0.15, 0.2) is 6.07 Å². The van der Waals surface area contributed by atoms with Crippen molar-refractivity contribution in [2.45, 2.75) is 25.9 Å². The topological polar surface area (TPSA) is 50.1 Å². The third kappa shape index (κ3) is 2.82. The molecule has 0 radical (unpaired) electrons. The van der Waals surface area contributed by atoms with Crippen LogP contribution >= 0.6 is 0 Å². The molecule has 0 bridgehead atoms. The third-order valence-electron chi connectivity index (χ3n) is 2.27. The molecule has 0 saturated heterocycles. The van der Waals surface area contributed by atoms with Crippen molar-refractivity contribution < 1.29 is 5.11 Å². The van der Waals surface area contributed by atoms with E-state index in [0.29, 0.717) is 13.0 Å². The summed E-state index contributed by atoms with van der Waals surface area (Å²) in [7, 11) is 3.75. The zero-order chi connectivity index (χ0) is 10.6. The average molecular weight is 197 g/mol. The first-order chi connectivity index (χ1) is 6.67. The second kappa shape index (κ2) is 5.12. The van der Waals surface area contributed by atoms with Gasteiger partial charge in [-0.25, -0.2) is 0 Å². The number of aryl methyl sites for hydroxylation is 2. The number of likely N-dealkylation sites (N-methyl/N-ethyl adjacent to an activating group) is 1. The maximum absolute atomic E-state index is 9.61. The van der Waals surface area contributed by atoms with Crippen LogP contribution < -0.4 is 5.32 Å². The molecule has 0 fully saturated rings. The van der Waals surface area contributed by atoms with Gasteiger partial charge in [0, 0.05) is 25.7 Å². The summed E-state index contributed by atoms with van der Waals surface area (Å²) < 4.78 is 1.84. The SMILES string of the molecule is CCc1cc(CC(O)CNC)n(C)n1. The molecule has 1 aromatic heterocycles. The number of aliphatic hydroxyl groups excluding tert-OH is 1. The largest absolute Gasteiger partial charge is 0.391 e. The first-order valence-electron chi connectivity index (χ1n) is 5.01. The number of aromatic nitrogens is 2. The van der Waals surface area contributed by atoms with Gasteiger partial charge in [0.25, 0.3) is 0 Å². The van der Waals surface area contributed by atoms with Crippen molar-refractivity contribution >= 4 is 0 Å². The fourth-order valence-electron chi connectivity index (χ4n) is 1.48. The first kappa shape index (κ1) is 11.2. The number of aliphatic hydroxyl groups is 1. The highest BCUT2D eigenvalue weighted by Crippen LogP contribution is 2.06. The number of nitrogens with zero attached hydrogens (tertiary/aromatic N) is 2. The summed E-state index contributed by atoms with van der Waals surface area (Å²) in [5.41, 5.74) is 2.17. The Kier molecular flexibility index (Phi) is 4.10. The second-order valence-electron chi connectivity index (χ2n) is 3.52. The Morgan fingerprint density at radius 3 is 2.86 bits per heavy atom. The minimum atomic E-state index is -0.333. The number of hydrogen-bond donors (Lipinski definition) is 2. The van der Waals surface area contributed by atoms with Crippen molar-refractivity contribution in [1.29, 1.82) is 0 Å². The summed E-state index contributed by atoms with van der Waals surface area (Å²) in [6.07, 6.45) is 1.26. The summed E-state index contributed by atoms with van der Waals surface area (Å²) in [5, 5.41) is 16.9. The normalized spacial score (nSPS) is 13.1. The van der Waals surface area contributed by atoms with Gasteiger partial charge in [0.05, 0.1) is 11.8 Å². The van der Waals surface area contributed by atoms with Gasteiger partial charge in [-0.1, -0.05) is 6.92 Å². The van der Waals surface area contributed by atoms with Crippen LogP contribution in [0, 0.1) is 0 Å². The molecule has 0 aliphatic heterocycles. The van der Waals surface area contributed by atoms with E-state index in [9.17, 15) is 5.11 Å². The van der Waals surface area contributed by atoms with Crippen molar-refractivity contribution in [2.75, 3.05) is 13.6 Å². The van der Waals surface area contributed by atoms with Crippen LogP contribution in [-0.4, -0.2) is 34.6 Å². The highest BCUT2D eigenvalue weighted by molar-refractivity contribution is 5.11. The van der Waals surface area contributed by atoms with E-state index in [4.69, 9.17) is 0 Å². The van der Waals surface area contributed by atoms with Crippen molar-refractivity contribution in [3.8, 4) is 0 Å². The molecule has 0 aliphatic carbocycles. The van der Waals surface area contributed by atoms with Crippen LogP contribution in [-0.2, 0) is 19.9 Å². The van der Waals surface area contributed by atoms with Crippen molar-refractivity contribution in [1.82, 2.24) is 15.1 Å². The minimum Gasteiger partial charge on any atom is -0.391 e. The van der Waals surface area contributed by atoms with Crippen molar-refractivity contribution in [2.24, 2.45) is 7.05 Å². The van der Waals surface area contributed by atoms with Gasteiger partial charge in [0.2, 0.25) is 0 Å². The number of rotatable bonds is 5. The average Bonchev–Trinajstić information content (AvgIpc) is 2.48. The molecular formula is C10H19N3O. The fraction of sp³-hybridized carbons (Fsp3) is 0.700. The molecule has 1 heterocycles. The highest BCUT2D eigenvalue weighted by atomic mass is 16.3. The molecule has 0 aromatic carbocycles. The molecule has 1 unspecified atom stereocenters. The Bertz CT molecular complexity index is 283. The summed E-state index contributed by atoms with van der Waals surface area (Å²) >= 11 is 0. The third-order valence-corrected chi connectivity index (χ3v) is 2.27. The van der Waals surface area contributed by atoms with Gasteiger partial charge in [-0.15, -0.1) is 0 Å². The van der Waals surface area contributed by atoms with E-state index < -0.39 is 0 Å². The van der Waals surface area contributed by atoms with E-state index in [0.717, 1.165) is 17.8 Å². The first-order valence-corrected chi connectivity index (χ1v) is 5.01. The Morgan fingerprint density at radius 1 is 1.64 bits per heavy atom. The predicted octanol–water partition coefficient (Wildman–Crippen LogP) is 0.105. The molecule has 2 N–H and O–H groups in total. The molecule has 0 saturated carbocycles. The smallest absolute Gasteiger partial charge is 0.0719 e. The van der Waals surface area contributed by atoms with Gasteiger partial charge < -0.3 is 10.4 Å². The van der Waals surface area contributed by atoms with Crippen molar-refractivity contribution in [3.63, 3.8) is 0 Å². The van der Waals surface area contributed by atoms with E-state index in [1.165, 1.54) is 0 Å². The van der Waals surface area contributed by atoms with E-state index in [2.05, 4.69) is 23.4 Å². The molecule has 0 aliphatic rings. The summed E-state index contributed by atoms with van der Waals surface area (Å²) in [6.45, 7) is 2.70. The Labute approximate surface area is 84.9 Å². The van der Waals surface area contributed by atoms with Crippen LogP contribution in [0.2, 0.25) is 0 Å². The van der Waals surface area contributed by atoms with Gasteiger partial charge in [-0.05, 0) is 19.5 Å². The lowest BCUT2D eigenvalue weighted by Gasteiger charge is -2.09. The number of hydrogen-bond acceptors (Lipinski definition) is 3. The monoisotopic (exact) mass is 197 g/mol. The van der Waals surface area contributed by atoms with E-state index in [1.54, 1.807) is 0 Å². The van der Waals surface area contributed by atoms with Crippen LogP contribution in [0.4, 0.5) is 0 Å². The quantitative estimate of drug-likeness (QED) is 0.704. The van der Waals surface area contributed by atoms with Crippen LogP contribution in [0.3, 0.4) is 0 Å². The predicted molar refractivity (Wildman–Crippen MR) is 56.2 cm³/mol. The summed E-state index contributed by atoms with van der Waals surface area (Å²) in [4.78, 5) is 0. The Hall–Kier alpha value is -0.870. The standard InChI is InChI=1S/C10H19N3O/c1-4-8-5-9(13(3)12-8)6-10(14)7-11-2/h5,10-11,14H,4,6-7H2,1-3H3. The molecule has 1 aromatic rings. The molecule has 4 heteroatoms. The number of nitrogens with one attached hydrogen (secondary N) is 1. The molecule has 80 valence electrons. The molecular weight excluding hydrogens is 178 g/mol. The lowest BCUT2D eigenvalue weighted by Crippen LogP contribution is -2.26. The van der Waals surface area contributed by atoms with Crippen LogP contribution in [0.5, 0.6) is 0 Å². The maximum Gasteiger partial charge on any atom is 0.0719 e. The van der Waals surface area contributed by atoms with Gasteiger partial charge in [-0.2, -0.15) is 5.10 Å². The van der Waals surface area contributed by atoms with Crippen LogP contribution in [0.25, 0.3) is 0 Å². The molecule has 0 amide bonds.